The molecule has 0 spiro atoms. The molecule has 3 fully saturated rings. The third-order valence-electron chi connectivity index (χ3n) is 15.6. The quantitative estimate of drug-likeness (QED) is 0.0772. The zero-order valence-electron chi connectivity index (χ0n) is 43.0. The van der Waals surface area contributed by atoms with Gasteiger partial charge in [0.15, 0.2) is 6.29 Å². The van der Waals surface area contributed by atoms with Crippen molar-refractivity contribution in [1.82, 2.24) is 24.8 Å². The second kappa shape index (κ2) is 22.9. The fourth-order valence-corrected chi connectivity index (χ4v) is 11.3. The summed E-state index contributed by atoms with van der Waals surface area (Å²) in [4.78, 5) is 18.6. The van der Waals surface area contributed by atoms with Crippen LogP contribution < -0.4 is 0 Å². The van der Waals surface area contributed by atoms with E-state index < -0.39 is 102 Å². The standard InChI is InChI=1S/C50H84N6O12/c1-15-40-50(11,62)43(58)33(7)55(13)25-28(2)23-48(9,61)45(30(4)41(31(5)46(60)67-40)39-24-49(10,64-14)44(59)34(8)66-39)68-47-42(57)38(22-29(3)65-47)54(12)21-20-37-27-56(53-51-37)26-35-16-18-36(19-17-35)32(6)52-63/h16-19,27-31,33-34,38-45,47,57-59,61-63H,15,20-26H2,1-14H3/b52-32-/t28-,29-,30+,31-,33-,34+,38+,39?,40-,41+,42-,43-,44+,45-,47+,48-,49-,50-/m1/s1. The van der Waals surface area contributed by atoms with Crippen LogP contribution >= 0.6 is 0 Å². The van der Waals surface area contributed by atoms with Gasteiger partial charge in [0.1, 0.15) is 30.0 Å². The summed E-state index contributed by atoms with van der Waals surface area (Å²) in [7, 11) is 5.32. The van der Waals surface area contributed by atoms with E-state index in [1.54, 1.807) is 39.3 Å². The Bertz CT molecular complexity index is 1950. The monoisotopic (exact) mass is 961 g/mol. The van der Waals surface area contributed by atoms with Crippen molar-refractivity contribution in [2.24, 2.45) is 28.8 Å². The van der Waals surface area contributed by atoms with Crippen LogP contribution in [0, 0.1) is 23.7 Å². The van der Waals surface area contributed by atoms with E-state index in [0.717, 1.165) is 16.8 Å². The molecule has 0 bridgehead atoms. The van der Waals surface area contributed by atoms with Crippen LogP contribution in [0.5, 0.6) is 0 Å². The van der Waals surface area contributed by atoms with Gasteiger partial charge in [-0.2, -0.15) is 0 Å². The molecule has 68 heavy (non-hydrogen) atoms. The molecule has 3 aliphatic heterocycles. The number of ether oxygens (including phenoxy) is 5. The number of hydrogen-bond acceptors (Lipinski definition) is 17. The fraction of sp³-hybridized carbons (Fsp3) is 0.800. The number of rotatable bonds is 12. The van der Waals surface area contributed by atoms with E-state index in [2.05, 4.69) is 20.4 Å². The maximum Gasteiger partial charge on any atom is 0.309 e. The number of hydrogen-bond donors (Lipinski definition) is 6. The van der Waals surface area contributed by atoms with Crippen molar-refractivity contribution in [2.45, 2.75) is 199 Å². The van der Waals surface area contributed by atoms with Crippen LogP contribution in [0.15, 0.2) is 35.6 Å². The highest BCUT2D eigenvalue weighted by Crippen LogP contribution is 2.45. The van der Waals surface area contributed by atoms with E-state index in [9.17, 15) is 30.3 Å². The Kier molecular flexibility index (Phi) is 18.8. The largest absolute Gasteiger partial charge is 0.459 e. The van der Waals surface area contributed by atoms with E-state index in [1.165, 1.54) is 14.0 Å². The molecule has 1 aromatic heterocycles. The Labute approximate surface area is 403 Å². The van der Waals surface area contributed by atoms with Gasteiger partial charge in [-0.05, 0) is 105 Å². The Balaban J connectivity index is 1.45. The van der Waals surface area contributed by atoms with Crippen molar-refractivity contribution in [2.75, 3.05) is 34.3 Å². The van der Waals surface area contributed by atoms with E-state index in [4.69, 9.17) is 28.9 Å². The van der Waals surface area contributed by atoms with E-state index >= 15 is 0 Å². The number of carbonyl (C=O) groups is 1. The number of oxime groups is 1. The minimum Gasteiger partial charge on any atom is -0.459 e. The molecule has 18 heteroatoms. The molecule has 4 heterocycles. The van der Waals surface area contributed by atoms with Crippen LogP contribution in [-0.2, 0) is 41.4 Å². The number of cyclic esters (lactones) is 1. The lowest BCUT2D eigenvalue weighted by molar-refractivity contribution is -0.302. The average Bonchev–Trinajstić information content (AvgIpc) is 3.74. The Morgan fingerprint density at radius 2 is 1.66 bits per heavy atom. The first-order chi connectivity index (χ1) is 31.8. The number of likely N-dealkylation sites (N-methyl/N-ethyl adjacent to an activating group) is 2. The molecule has 0 saturated carbocycles. The van der Waals surface area contributed by atoms with Gasteiger partial charge in [0.05, 0.1) is 59.5 Å². The van der Waals surface area contributed by atoms with Gasteiger partial charge < -0.3 is 64.2 Å². The smallest absolute Gasteiger partial charge is 0.309 e. The molecule has 386 valence electrons. The van der Waals surface area contributed by atoms with Gasteiger partial charge in [-0.1, -0.05) is 62.3 Å². The highest BCUT2D eigenvalue weighted by atomic mass is 16.7. The first-order valence-electron chi connectivity index (χ1n) is 24.6. The number of carbonyl (C=O) groups excluding carboxylic acids is 1. The number of aliphatic hydroxyl groups is 5. The summed E-state index contributed by atoms with van der Waals surface area (Å²) in [6, 6.07) is 6.74. The summed E-state index contributed by atoms with van der Waals surface area (Å²) in [6.07, 6.45) is -4.86. The molecule has 2 aromatic rings. The first kappa shape index (κ1) is 55.8. The maximum atomic E-state index is 14.6. The molecule has 0 radical (unpaired) electrons. The number of esters is 1. The Morgan fingerprint density at radius 3 is 2.28 bits per heavy atom. The topological polar surface area (TPSA) is 234 Å². The number of aliphatic hydroxyl groups excluding tert-OH is 3. The highest BCUT2D eigenvalue weighted by Gasteiger charge is 2.55. The van der Waals surface area contributed by atoms with Crippen LogP contribution in [-0.4, -0.2) is 186 Å². The lowest BCUT2D eigenvalue weighted by Crippen LogP contribution is -2.62. The molecule has 3 aliphatic rings. The molecule has 6 N–H and O–H groups in total. The lowest BCUT2D eigenvalue weighted by atomic mass is 9.68. The van der Waals surface area contributed by atoms with Gasteiger partial charge in [0.2, 0.25) is 0 Å². The van der Waals surface area contributed by atoms with Gasteiger partial charge in [-0.3, -0.25) is 4.79 Å². The summed E-state index contributed by atoms with van der Waals surface area (Å²) in [5.41, 5.74) is -1.30. The number of benzene rings is 1. The van der Waals surface area contributed by atoms with Gasteiger partial charge >= 0.3 is 5.97 Å². The second-order valence-corrected chi connectivity index (χ2v) is 21.3. The zero-order valence-corrected chi connectivity index (χ0v) is 43.0. The van der Waals surface area contributed by atoms with Crippen LogP contribution in [0.3, 0.4) is 0 Å². The Morgan fingerprint density at radius 1 is 1.00 bits per heavy atom. The molecule has 1 aromatic carbocycles. The molecule has 18 atom stereocenters. The van der Waals surface area contributed by atoms with Gasteiger partial charge in [0, 0.05) is 57.2 Å². The van der Waals surface area contributed by atoms with Crippen molar-refractivity contribution < 1.29 is 59.2 Å². The van der Waals surface area contributed by atoms with Gasteiger partial charge in [-0.25, -0.2) is 4.68 Å². The van der Waals surface area contributed by atoms with E-state index in [0.29, 0.717) is 38.2 Å². The van der Waals surface area contributed by atoms with E-state index in [-0.39, 0.29) is 31.3 Å². The molecular formula is C50H84N6O12. The SMILES string of the molecule is CC[C@H]1OC(=O)[C@H](C)[C@@H](C2C[C@@](C)(OC)[C@@H](O)[C@H](C)O2)[C@H](C)[C@@H](O[C@@H]2O[C@H](C)C[C@H](N(C)CCc3cn(Cc4ccc(/C(C)=N\O)cc4)nn3)[C@H]2O)[C@](C)(O)C[C@@H](C)CN(C)[C@H](C)[C@@H](O)[C@]1(C)O. The molecule has 1 unspecified atom stereocenters. The van der Waals surface area contributed by atoms with Gasteiger partial charge in [0.25, 0.3) is 0 Å². The lowest BCUT2D eigenvalue weighted by Gasteiger charge is -2.51. The second-order valence-electron chi connectivity index (χ2n) is 21.3. The summed E-state index contributed by atoms with van der Waals surface area (Å²) >= 11 is 0. The molecule has 3 saturated heterocycles. The van der Waals surface area contributed by atoms with E-state index in [1.807, 2.05) is 84.1 Å². The minimum atomic E-state index is -1.81. The third kappa shape index (κ3) is 12.7. The number of nitrogens with zero attached hydrogens (tertiary/aromatic N) is 6. The number of methoxy groups -OCH3 is 1. The van der Waals surface area contributed by atoms with Gasteiger partial charge in [-0.15, -0.1) is 5.10 Å². The predicted molar refractivity (Wildman–Crippen MR) is 255 cm³/mol. The normalized spacial score (nSPS) is 41.0. The average molecular weight is 961 g/mol. The molecule has 5 rings (SSSR count). The third-order valence-corrected chi connectivity index (χ3v) is 15.6. The van der Waals surface area contributed by atoms with Crippen molar-refractivity contribution in [3.05, 3.63) is 47.3 Å². The molecular weight excluding hydrogens is 877 g/mol. The highest BCUT2D eigenvalue weighted by molar-refractivity contribution is 5.98. The summed E-state index contributed by atoms with van der Waals surface area (Å²) in [5, 5.41) is 81.1. The first-order valence-corrected chi connectivity index (χ1v) is 24.6. The van der Waals surface area contributed by atoms with Crippen molar-refractivity contribution in [3.8, 4) is 0 Å². The van der Waals surface area contributed by atoms with Crippen molar-refractivity contribution >= 4 is 11.7 Å². The summed E-state index contributed by atoms with van der Waals surface area (Å²) in [5.74, 6) is -3.13. The molecule has 0 aliphatic carbocycles. The molecule has 18 nitrogen and oxygen atoms in total. The predicted octanol–water partition coefficient (Wildman–Crippen LogP) is 3.63. The Hall–Kier alpha value is -3.14. The fourth-order valence-electron chi connectivity index (χ4n) is 11.3. The summed E-state index contributed by atoms with van der Waals surface area (Å²) < 4.78 is 33.9. The van der Waals surface area contributed by atoms with Crippen LogP contribution in [0.25, 0.3) is 0 Å². The minimum absolute atomic E-state index is 0.170. The maximum absolute atomic E-state index is 14.6. The van der Waals surface area contributed by atoms with Crippen LogP contribution in [0.2, 0.25) is 0 Å². The summed E-state index contributed by atoms with van der Waals surface area (Å²) in [6.45, 7) is 21.2. The zero-order chi connectivity index (χ0) is 50.6. The van der Waals surface area contributed by atoms with Crippen molar-refractivity contribution in [3.63, 3.8) is 0 Å². The van der Waals surface area contributed by atoms with Crippen LogP contribution in [0.4, 0.5) is 0 Å². The van der Waals surface area contributed by atoms with Crippen molar-refractivity contribution in [1.29, 1.82) is 0 Å². The molecule has 0 amide bonds. The number of aromatic nitrogens is 3. The van der Waals surface area contributed by atoms with Crippen LogP contribution in [0.1, 0.15) is 119 Å².